The molecule has 0 spiro atoms. The highest BCUT2D eigenvalue weighted by atomic mass is 16.5. The van der Waals surface area contributed by atoms with Crippen molar-refractivity contribution >= 4 is 11.5 Å². The van der Waals surface area contributed by atoms with E-state index in [1.807, 2.05) is 6.07 Å². The number of nitrogens with zero attached hydrogens (tertiary/aromatic N) is 1. The van der Waals surface area contributed by atoms with E-state index in [9.17, 15) is 0 Å². The molecule has 1 aliphatic rings. The summed E-state index contributed by atoms with van der Waals surface area (Å²) >= 11 is 0. The molecule has 0 fully saturated rings. The zero-order valence-corrected chi connectivity index (χ0v) is 11.7. The van der Waals surface area contributed by atoms with Crippen LogP contribution in [0.25, 0.3) is 5.57 Å². The summed E-state index contributed by atoms with van der Waals surface area (Å²) in [7, 11) is 0. The van der Waals surface area contributed by atoms with Gasteiger partial charge in [-0.2, -0.15) is 0 Å². The Bertz CT molecular complexity index is 478. The van der Waals surface area contributed by atoms with Crippen LogP contribution in [0.3, 0.4) is 0 Å². The van der Waals surface area contributed by atoms with E-state index in [0.29, 0.717) is 6.54 Å². The summed E-state index contributed by atoms with van der Waals surface area (Å²) in [5, 5.41) is 0. The Labute approximate surface area is 109 Å². The Morgan fingerprint density at radius 1 is 1.22 bits per heavy atom. The van der Waals surface area contributed by atoms with Gasteiger partial charge in [0.2, 0.25) is 0 Å². The van der Waals surface area contributed by atoms with Crippen LogP contribution in [-0.2, 0) is 4.74 Å². The van der Waals surface area contributed by atoms with Crippen molar-refractivity contribution in [1.82, 2.24) is 0 Å². The van der Waals surface area contributed by atoms with Gasteiger partial charge >= 0.3 is 0 Å². The van der Waals surface area contributed by atoms with E-state index < -0.39 is 0 Å². The molecule has 96 valence electrons. The molecule has 0 saturated heterocycles. The van der Waals surface area contributed by atoms with E-state index in [-0.39, 0.29) is 5.41 Å². The van der Waals surface area contributed by atoms with E-state index in [2.05, 4.69) is 57.0 Å². The minimum atomic E-state index is -0.0166. The highest BCUT2D eigenvalue weighted by molar-refractivity contribution is 5.86. The van der Waals surface area contributed by atoms with Crippen LogP contribution >= 0.6 is 0 Å². The van der Waals surface area contributed by atoms with Crippen molar-refractivity contribution in [2.24, 2.45) is 10.4 Å². The van der Waals surface area contributed by atoms with E-state index in [0.717, 1.165) is 18.1 Å². The fourth-order valence-corrected chi connectivity index (χ4v) is 2.07. The van der Waals surface area contributed by atoms with Crippen LogP contribution in [0.1, 0.15) is 39.7 Å². The molecule has 0 unspecified atom stereocenters. The van der Waals surface area contributed by atoms with Gasteiger partial charge in [0.15, 0.2) is 5.90 Å². The minimum absolute atomic E-state index is 0.0166. The molecule has 2 nitrogen and oxygen atoms in total. The van der Waals surface area contributed by atoms with Crippen molar-refractivity contribution in [3.63, 3.8) is 0 Å². The molecule has 0 N–H and O–H groups in total. The molecule has 2 rings (SSSR count). The molecule has 0 radical (unpaired) electrons. The molecule has 1 heterocycles. The third kappa shape index (κ3) is 2.63. The molecule has 1 aromatic rings. The van der Waals surface area contributed by atoms with Crippen LogP contribution in [0.5, 0.6) is 0 Å². The number of ether oxygens (including phenoxy) is 1. The first-order valence-electron chi connectivity index (χ1n) is 6.52. The summed E-state index contributed by atoms with van der Waals surface area (Å²) in [4.78, 5) is 4.52. The summed E-state index contributed by atoms with van der Waals surface area (Å²) in [6, 6.07) is 10.4. The van der Waals surface area contributed by atoms with Crippen LogP contribution in [0, 0.1) is 5.41 Å². The van der Waals surface area contributed by atoms with Gasteiger partial charge in [-0.05, 0) is 17.6 Å². The van der Waals surface area contributed by atoms with Gasteiger partial charge in [-0.1, -0.05) is 58.0 Å². The van der Waals surface area contributed by atoms with E-state index in [1.165, 1.54) is 11.1 Å². The van der Waals surface area contributed by atoms with Crippen LogP contribution in [-0.4, -0.2) is 12.4 Å². The minimum Gasteiger partial charge on any atom is -0.445 e. The highest BCUT2D eigenvalue weighted by Gasteiger charge is 2.27. The van der Waals surface area contributed by atoms with Crippen LogP contribution in [0.2, 0.25) is 0 Å². The second-order valence-corrected chi connectivity index (χ2v) is 5.59. The maximum atomic E-state index is 5.96. The van der Waals surface area contributed by atoms with Crippen LogP contribution in [0.15, 0.2) is 41.1 Å². The zero-order valence-electron chi connectivity index (χ0n) is 11.7. The average molecular weight is 243 g/mol. The molecule has 0 saturated carbocycles. The third-order valence-corrected chi connectivity index (χ3v) is 3.04. The predicted molar refractivity (Wildman–Crippen MR) is 76.5 cm³/mol. The summed E-state index contributed by atoms with van der Waals surface area (Å²) in [6.07, 6.45) is 0.965. The Morgan fingerprint density at radius 2 is 1.89 bits per heavy atom. The molecule has 0 bridgehead atoms. The number of allylic oxidation sites excluding steroid dienone is 1. The summed E-state index contributed by atoms with van der Waals surface area (Å²) in [5.41, 5.74) is 2.48. The number of hydrogen-bond acceptors (Lipinski definition) is 2. The number of hydrogen-bond donors (Lipinski definition) is 0. The Balaban J connectivity index is 2.28. The SMILES string of the molecule is CC/C(=C1\CN=C(C(C)(C)C)O1)c1ccccc1. The van der Waals surface area contributed by atoms with E-state index in [1.54, 1.807) is 0 Å². The fraction of sp³-hybridized carbons (Fsp3) is 0.438. The molecule has 0 aromatic heterocycles. The van der Waals surface area contributed by atoms with Crippen molar-refractivity contribution in [2.45, 2.75) is 34.1 Å². The normalized spacial score (nSPS) is 18.3. The van der Waals surface area contributed by atoms with Crippen molar-refractivity contribution in [2.75, 3.05) is 6.54 Å². The summed E-state index contributed by atoms with van der Waals surface area (Å²) in [6.45, 7) is 9.22. The van der Waals surface area contributed by atoms with E-state index in [4.69, 9.17) is 4.74 Å². The lowest BCUT2D eigenvalue weighted by atomic mass is 9.97. The lowest BCUT2D eigenvalue weighted by Crippen LogP contribution is -2.20. The number of benzene rings is 1. The van der Waals surface area contributed by atoms with Crippen molar-refractivity contribution in [3.8, 4) is 0 Å². The molecule has 0 atom stereocenters. The van der Waals surface area contributed by atoms with Crippen molar-refractivity contribution < 1.29 is 4.74 Å². The Kier molecular flexibility index (Phi) is 3.55. The fourth-order valence-electron chi connectivity index (χ4n) is 2.07. The summed E-state index contributed by atoms with van der Waals surface area (Å²) < 4.78 is 5.96. The molecular formula is C16H21NO. The van der Waals surface area contributed by atoms with Gasteiger partial charge in [0, 0.05) is 5.41 Å². The topological polar surface area (TPSA) is 21.6 Å². The zero-order chi connectivity index (χ0) is 13.2. The maximum absolute atomic E-state index is 5.96. The maximum Gasteiger partial charge on any atom is 0.195 e. The molecule has 2 heteroatoms. The monoisotopic (exact) mass is 243 g/mol. The highest BCUT2D eigenvalue weighted by Crippen LogP contribution is 2.30. The van der Waals surface area contributed by atoms with Gasteiger partial charge in [0.1, 0.15) is 12.3 Å². The standard InChI is InChI=1S/C16H21NO/c1-5-13(12-9-7-6-8-10-12)14-11-17-15(18-14)16(2,3)4/h6-10H,5,11H2,1-4H3/b14-13-. The molecule has 0 amide bonds. The Hall–Kier alpha value is -1.57. The van der Waals surface area contributed by atoms with Gasteiger partial charge in [-0.3, -0.25) is 0 Å². The summed E-state index contributed by atoms with van der Waals surface area (Å²) in [5.74, 6) is 1.85. The number of aliphatic imine (C=N–C) groups is 1. The third-order valence-electron chi connectivity index (χ3n) is 3.04. The first-order chi connectivity index (χ1) is 8.52. The number of rotatable bonds is 2. The molecule has 0 aliphatic carbocycles. The predicted octanol–water partition coefficient (Wildman–Crippen LogP) is 4.28. The van der Waals surface area contributed by atoms with Crippen LogP contribution in [0.4, 0.5) is 0 Å². The largest absolute Gasteiger partial charge is 0.445 e. The Morgan fingerprint density at radius 3 is 2.39 bits per heavy atom. The first-order valence-corrected chi connectivity index (χ1v) is 6.52. The molecular weight excluding hydrogens is 222 g/mol. The van der Waals surface area contributed by atoms with Gasteiger partial charge in [-0.25, -0.2) is 4.99 Å². The molecule has 1 aliphatic heterocycles. The van der Waals surface area contributed by atoms with Crippen molar-refractivity contribution in [1.29, 1.82) is 0 Å². The first kappa shape index (κ1) is 12.9. The van der Waals surface area contributed by atoms with Gasteiger partial charge in [-0.15, -0.1) is 0 Å². The average Bonchev–Trinajstić information content (AvgIpc) is 2.81. The van der Waals surface area contributed by atoms with Gasteiger partial charge in [0.25, 0.3) is 0 Å². The smallest absolute Gasteiger partial charge is 0.195 e. The lowest BCUT2D eigenvalue weighted by molar-refractivity contribution is 0.370. The second-order valence-electron chi connectivity index (χ2n) is 5.59. The lowest BCUT2D eigenvalue weighted by Gasteiger charge is -2.18. The van der Waals surface area contributed by atoms with Gasteiger partial charge in [0.05, 0.1) is 0 Å². The quantitative estimate of drug-likeness (QED) is 0.759. The molecule has 18 heavy (non-hydrogen) atoms. The van der Waals surface area contributed by atoms with Crippen LogP contribution < -0.4 is 0 Å². The molecule has 1 aromatic carbocycles. The van der Waals surface area contributed by atoms with Crippen molar-refractivity contribution in [3.05, 3.63) is 41.7 Å². The van der Waals surface area contributed by atoms with E-state index >= 15 is 0 Å². The van der Waals surface area contributed by atoms with Gasteiger partial charge < -0.3 is 4.74 Å². The second kappa shape index (κ2) is 4.97.